The zero-order valence-electron chi connectivity index (χ0n) is 11.3. The van der Waals surface area contributed by atoms with Gasteiger partial charge in [0.05, 0.1) is 20.3 Å². The maximum atomic E-state index is 5.64. The third kappa shape index (κ3) is 2.42. The van der Waals surface area contributed by atoms with E-state index < -0.39 is 0 Å². The van der Waals surface area contributed by atoms with E-state index in [1.54, 1.807) is 14.2 Å². The van der Waals surface area contributed by atoms with Gasteiger partial charge in [-0.15, -0.1) is 0 Å². The fraction of sp³-hybridized carbons (Fsp3) is 0.500. The highest BCUT2D eigenvalue weighted by molar-refractivity contribution is 5.95. The van der Waals surface area contributed by atoms with E-state index in [1.807, 2.05) is 18.2 Å². The highest BCUT2D eigenvalue weighted by Gasteiger charge is 2.23. The number of benzene rings is 1. The van der Waals surface area contributed by atoms with Crippen LogP contribution in [0.2, 0.25) is 0 Å². The molecule has 4 nitrogen and oxygen atoms in total. The van der Waals surface area contributed by atoms with Crippen molar-refractivity contribution in [3.05, 3.63) is 23.8 Å². The molecule has 2 rings (SSSR count). The molecule has 1 heterocycles. The van der Waals surface area contributed by atoms with Gasteiger partial charge in [-0.25, -0.2) is 4.99 Å². The molecule has 0 amide bonds. The summed E-state index contributed by atoms with van der Waals surface area (Å²) < 4.78 is 16.1. The van der Waals surface area contributed by atoms with Gasteiger partial charge in [-0.1, -0.05) is 13.8 Å². The lowest BCUT2D eigenvalue weighted by molar-refractivity contribution is 0.291. The average molecular weight is 249 g/mol. The van der Waals surface area contributed by atoms with E-state index in [2.05, 4.69) is 18.8 Å². The van der Waals surface area contributed by atoms with Gasteiger partial charge in [-0.3, -0.25) is 0 Å². The predicted molar refractivity (Wildman–Crippen MR) is 70.7 cm³/mol. The fourth-order valence-electron chi connectivity index (χ4n) is 1.86. The zero-order valence-corrected chi connectivity index (χ0v) is 11.3. The molecule has 0 aromatic heterocycles. The summed E-state index contributed by atoms with van der Waals surface area (Å²) in [6, 6.07) is 5.93. The summed E-state index contributed by atoms with van der Waals surface area (Å²) >= 11 is 0. The van der Waals surface area contributed by atoms with Crippen LogP contribution >= 0.6 is 0 Å². The van der Waals surface area contributed by atoms with Gasteiger partial charge in [-0.2, -0.15) is 0 Å². The van der Waals surface area contributed by atoms with Crippen molar-refractivity contribution in [2.45, 2.75) is 19.9 Å². The zero-order chi connectivity index (χ0) is 13.1. The minimum Gasteiger partial charge on any atom is -0.493 e. The van der Waals surface area contributed by atoms with Crippen LogP contribution in [0.1, 0.15) is 19.4 Å². The summed E-state index contributed by atoms with van der Waals surface area (Å²) in [4.78, 5) is 4.59. The van der Waals surface area contributed by atoms with Crippen LogP contribution in [-0.2, 0) is 4.74 Å². The van der Waals surface area contributed by atoms with E-state index in [-0.39, 0.29) is 6.04 Å². The van der Waals surface area contributed by atoms with Crippen LogP contribution in [0.25, 0.3) is 0 Å². The number of hydrogen-bond donors (Lipinski definition) is 0. The number of methoxy groups -OCH3 is 2. The van der Waals surface area contributed by atoms with Gasteiger partial charge in [0.1, 0.15) is 6.61 Å². The molecule has 1 aromatic rings. The summed E-state index contributed by atoms with van der Waals surface area (Å²) in [5, 5.41) is 0. The first-order valence-corrected chi connectivity index (χ1v) is 6.08. The SMILES string of the molecule is COc1ccc(C2=N[C@@H](C(C)C)CO2)cc1OC. The minimum atomic E-state index is 0.244. The maximum absolute atomic E-state index is 5.64. The molecule has 0 aliphatic carbocycles. The smallest absolute Gasteiger partial charge is 0.216 e. The van der Waals surface area contributed by atoms with Crippen LogP contribution in [0, 0.1) is 5.92 Å². The summed E-state index contributed by atoms with van der Waals surface area (Å²) in [6.07, 6.45) is 0. The molecule has 0 spiro atoms. The first-order valence-electron chi connectivity index (χ1n) is 6.08. The summed E-state index contributed by atoms with van der Waals surface area (Å²) in [5.41, 5.74) is 0.927. The van der Waals surface area contributed by atoms with E-state index in [4.69, 9.17) is 14.2 Å². The van der Waals surface area contributed by atoms with E-state index in [1.165, 1.54) is 0 Å². The molecule has 98 valence electrons. The van der Waals surface area contributed by atoms with Crippen molar-refractivity contribution in [2.24, 2.45) is 10.9 Å². The second-order valence-electron chi connectivity index (χ2n) is 4.63. The number of rotatable bonds is 4. The monoisotopic (exact) mass is 249 g/mol. The Morgan fingerprint density at radius 1 is 1.22 bits per heavy atom. The Bertz CT molecular complexity index is 454. The molecule has 0 N–H and O–H groups in total. The van der Waals surface area contributed by atoms with Gasteiger partial charge in [0.2, 0.25) is 5.90 Å². The van der Waals surface area contributed by atoms with Gasteiger partial charge in [0.25, 0.3) is 0 Å². The standard InChI is InChI=1S/C14H19NO3/c1-9(2)11-8-18-14(15-11)10-5-6-12(16-3)13(7-10)17-4/h5-7,9,11H,8H2,1-4H3/t11-/m1/s1. The third-order valence-corrected chi connectivity index (χ3v) is 3.07. The van der Waals surface area contributed by atoms with E-state index in [0.29, 0.717) is 29.9 Å². The van der Waals surface area contributed by atoms with Gasteiger partial charge in [-0.05, 0) is 24.1 Å². The van der Waals surface area contributed by atoms with Crippen LogP contribution in [0.15, 0.2) is 23.2 Å². The molecule has 1 aliphatic heterocycles. The predicted octanol–water partition coefficient (Wildman–Crippen LogP) is 2.51. The van der Waals surface area contributed by atoms with Crippen LogP contribution in [-0.4, -0.2) is 32.8 Å². The second-order valence-corrected chi connectivity index (χ2v) is 4.63. The Balaban J connectivity index is 2.27. The molecule has 4 heteroatoms. The largest absolute Gasteiger partial charge is 0.493 e. The first-order chi connectivity index (χ1) is 8.65. The highest BCUT2D eigenvalue weighted by atomic mass is 16.5. The molecule has 0 fully saturated rings. The lowest BCUT2D eigenvalue weighted by Crippen LogP contribution is -2.13. The van der Waals surface area contributed by atoms with Crippen molar-refractivity contribution in [1.82, 2.24) is 0 Å². The summed E-state index contributed by atoms with van der Waals surface area (Å²) in [5.74, 6) is 2.58. The number of nitrogens with zero attached hydrogens (tertiary/aromatic N) is 1. The molecule has 0 saturated carbocycles. The Morgan fingerprint density at radius 2 is 1.94 bits per heavy atom. The Labute approximate surface area is 108 Å². The number of hydrogen-bond acceptors (Lipinski definition) is 4. The molecule has 1 aromatic carbocycles. The summed E-state index contributed by atoms with van der Waals surface area (Å²) in [7, 11) is 3.24. The van der Waals surface area contributed by atoms with Crippen molar-refractivity contribution in [3.8, 4) is 11.5 Å². The van der Waals surface area contributed by atoms with E-state index in [9.17, 15) is 0 Å². The Hall–Kier alpha value is -1.71. The van der Waals surface area contributed by atoms with Gasteiger partial charge in [0.15, 0.2) is 11.5 Å². The first kappa shape index (κ1) is 12.7. The van der Waals surface area contributed by atoms with Crippen LogP contribution < -0.4 is 9.47 Å². The molecule has 0 unspecified atom stereocenters. The van der Waals surface area contributed by atoms with Crippen molar-refractivity contribution in [3.63, 3.8) is 0 Å². The highest BCUT2D eigenvalue weighted by Crippen LogP contribution is 2.29. The molecule has 1 atom stereocenters. The van der Waals surface area contributed by atoms with Crippen molar-refractivity contribution in [1.29, 1.82) is 0 Å². The third-order valence-electron chi connectivity index (χ3n) is 3.07. The van der Waals surface area contributed by atoms with Gasteiger partial charge >= 0.3 is 0 Å². The van der Waals surface area contributed by atoms with Crippen LogP contribution in [0.3, 0.4) is 0 Å². The second kappa shape index (κ2) is 5.29. The van der Waals surface area contributed by atoms with Crippen molar-refractivity contribution in [2.75, 3.05) is 20.8 Å². The maximum Gasteiger partial charge on any atom is 0.216 e. The fourth-order valence-corrected chi connectivity index (χ4v) is 1.86. The molecular weight excluding hydrogens is 230 g/mol. The number of aliphatic imine (C=N–C) groups is 1. The Morgan fingerprint density at radius 3 is 2.50 bits per heavy atom. The quantitative estimate of drug-likeness (QED) is 0.823. The van der Waals surface area contributed by atoms with Crippen LogP contribution in [0.5, 0.6) is 11.5 Å². The molecule has 0 bridgehead atoms. The van der Waals surface area contributed by atoms with E-state index >= 15 is 0 Å². The minimum absolute atomic E-state index is 0.244. The van der Waals surface area contributed by atoms with Gasteiger partial charge in [0, 0.05) is 5.56 Å². The van der Waals surface area contributed by atoms with E-state index in [0.717, 1.165) is 5.56 Å². The Kier molecular flexibility index (Phi) is 3.75. The average Bonchev–Trinajstić information content (AvgIpc) is 2.87. The topological polar surface area (TPSA) is 40.0 Å². The lowest BCUT2D eigenvalue weighted by atomic mass is 10.1. The van der Waals surface area contributed by atoms with Crippen molar-refractivity contribution < 1.29 is 14.2 Å². The lowest BCUT2D eigenvalue weighted by Gasteiger charge is -2.09. The van der Waals surface area contributed by atoms with Gasteiger partial charge < -0.3 is 14.2 Å². The van der Waals surface area contributed by atoms with Crippen molar-refractivity contribution >= 4 is 5.90 Å². The molecule has 1 aliphatic rings. The normalized spacial score (nSPS) is 18.5. The molecule has 0 saturated heterocycles. The molecule has 0 radical (unpaired) electrons. The van der Waals surface area contributed by atoms with Crippen LogP contribution in [0.4, 0.5) is 0 Å². The molecular formula is C14H19NO3. The summed E-state index contributed by atoms with van der Waals surface area (Å²) in [6.45, 7) is 4.95. The molecule has 18 heavy (non-hydrogen) atoms. The number of ether oxygens (including phenoxy) is 3.